The van der Waals surface area contributed by atoms with Crippen molar-refractivity contribution in [3.63, 3.8) is 0 Å². The molecule has 2 N–H and O–H groups in total. The SMILES string of the molecule is COc1ccc(Cn2c3nc(N(C)C)cc(N)c3c3ccc4ccccc4c32)cc1. The van der Waals surface area contributed by atoms with Crippen LogP contribution in [0.15, 0.2) is 66.7 Å². The van der Waals surface area contributed by atoms with E-state index in [2.05, 4.69) is 53.1 Å². The smallest absolute Gasteiger partial charge is 0.145 e. The van der Waals surface area contributed by atoms with Gasteiger partial charge in [0.1, 0.15) is 17.2 Å². The van der Waals surface area contributed by atoms with Crippen LogP contribution >= 0.6 is 0 Å². The summed E-state index contributed by atoms with van der Waals surface area (Å²) in [7, 11) is 5.66. The zero-order valence-corrected chi connectivity index (χ0v) is 17.4. The zero-order chi connectivity index (χ0) is 20.8. The lowest BCUT2D eigenvalue weighted by Gasteiger charge is -2.14. The second kappa shape index (κ2) is 6.95. The monoisotopic (exact) mass is 396 g/mol. The number of anilines is 2. The van der Waals surface area contributed by atoms with Gasteiger partial charge < -0.3 is 19.9 Å². The highest BCUT2D eigenvalue weighted by Gasteiger charge is 2.18. The van der Waals surface area contributed by atoms with E-state index in [0.717, 1.165) is 39.2 Å². The first-order valence-electron chi connectivity index (χ1n) is 9.97. The van der Waals surface area contributed by atoms with Crippen molar-refractivity contribution in [3.8, 4) is 5.75 Å². The van der Waals surface area contributed by atoms with Crippen LogP contribution in [0.4, 0.5) is 11.5 Å². The number of nitrogen functional groups attached to an aromatic ring is 1. The summed E-state index contributed by atoms with van der Waals surface area (Å²) in [6.07, 6.45) is 0. The quantitative estimate of drug-likeness (QED) is 0.462. The third-order valence-electron chi connectivity index (χ3n) is 5.67. The van der Waals surface area contributed by atoms with Crippen molar-refractivity contribution in [2.45, 2.75) is 6.54 Å². The van der Waals surface area contributed by atoms with E-state index in [1.54, 1.807) is 7.11 Å². The number of rotatable bonds is 4. The van der Waals surface area contributed by atoms with Crippen LogP contribution in [0.5, 0.6) is 5.75 Å². The molecule has 0 atom stereocenters. The highest BCUT2D eigenvalue weighted by Crippen LogP contribution is 2.38. The first-order chi connectivity index (χ1) is 14.6. The number of fused-ring (bicyclic) bond motifs is 5. The molecule has 5 aromatic rings. The molecule has 0 radical (unpaired) electrons. The number of nitrogens with two attached hydrogens (primary N) is 1. The number of benzene rings is 3. The Bertz CT molecular complexity index is 1380. The molecule has 0 aliphatic heterocycles. The molecular weight excluding hydrogens is 372 g/mol. The molecule has 150 valence electrons. The molecule has 0 aliphatic carbocycles. The van der Waals surface area contributed by atoms with Gasteiger partial charge in [-0.3, -0.25) is 0 Å². The molecule has 0 amide bonds. The van der Waals surface area contributed by atoms with Crippen molar-refractivity contribution in [1.29, 1.82) is 0 Å². The van der Waals surface area contributed by atoms with Gasteiger partial charge in [0.2, 0.25) is 0 Å². The summed E-state index contributed by atoms with van der Waals surface area (Å²) in [5.74, 6) is 1.70. The van der Waals surface area contributed by atoms with Crippen LogP contribution in [0.1, 0.15) is 5.56 Å². The molecule has 0 spiro atoms. The summed E-state index contributed by atoms with van der Waals surface area (Å²) in [5, 5.41) is 4.55. The van der Waals surface area contributed by atoms with E-state index in [4.69, 9.17) is 15.5 Å². The van der Waals surface area contributed by atoms with Crippen molar-refractivity contribution in [1.82, 2.24) is 9.55 Å². The molecule has 2 aromatic heterocycles. The van der Waals surface area contributed by atoms with Gasteiger partial charge in [0.25, 0.3) is 0 Å². The van der Waals surface area contributed by atoms with Crippen LogP contribution in [-0.2, 0) is 6.54 Å². The van der Waals surface area contributed by atoms with Gasteiger partial charge in [0.15, 0.2) is 0 Å². The summed E-state index contributed by atoms with van der Waals surface area (Å²) >= 11 is 0. The van der Waals surface area contributed by atoms with Crippen molar-refractivity contribution < 1.29 is 4.74 Å². The molecule has 0 unspecified atom stereocenters. The molecule has 0 fully saturated rings. The van der Waals surface area contributed by atoms with Crippen molar-refractivity contribution >= 4 is 44.2 Å². The fourth-order valence-electron chi connectivity index (χ4n) is 4.16. The second-order valence-electron chi connectivity index (χ2n) is 7.78. The van der Waals surface area contributed by atoms with Crippen LogP contribution in [0.2, 0.25) is 0 Å². The van der Waals surface area contributed by atoms with Gasteiger partial charge in [-0.1, -0.05) is 48.5 Å². The lowest BCUT2D eigenvalue weighted by Crippen LogP contribution is -2.12. The molecule has 0 saturated carbocycles. The number of hydrogen-bond donors (Lipinski definition) is 1. The second-order valence-corrected chi connectivity index (χ2v) is 7.78. The Kier molecular flexibility index (Phi) is 4.24. The Morgan fingerprint density at radius 3 is 2.47 bits per heavy atom. The molecular formula is C25H24N4O. The average molecular weight is 396 g/mol. The Labute approximate surface area is 175 Å². The maximum atomic E-state index is 6.55. The van der Waals surface area contributed by atoms with Crippen LogP contribution in [0.3, 0.4) is 0 Å². The van der Waals surface area contributed by atoms with E-state index in [9.17, 15) is 0 Å². The maximum Gasteiger partial charge on any atom is 0.145 e. The fraction of sp³-hybridized carbons (Fsp3) is 0.160. The number of nitrogens with zero attached hydrogens (tertiary/aromatic N) is 3. The van der Waals surface area contributed by atoms with E-state index >= 15 is 0 Å². The molecule has 5 heteroatoms. The molecule has 3 aromatic carbocycles. The Morgan fingerprint density at radius 2 is 1.73 bits per heavy atom. The van der Waals surface area contributed by atoms with E-state index in [0.29, 0.717) is 6.54 Å². The molecule has 30 heavy (non-hydrogen) atoms. The van der Waals surface area contributed by atoms with Gasteiger partial charge in [0.05, 0.1) is 12.6 Å². The van der Waals surface area contributed by atoms with Crippen molar-refractivity contribution in [2.75, 3.05) is 31.8 Å². The fourth-order valence-corrected chi connectivity index (χ4v) is 4.16. The molecule has 5 rings (SSSR count). The van der Waals surface area contributed by atoms with Crippen LogP contribution in [0.25, 0.3) is 32.7 Å². The third kappa shape index (κ3) is 2.82. The van der Waals surface area contributed by atoms with Gasteiger partial charge in [-0.05, 0) is 23.1 Å². The number of ether oxygens (including phenoxy) is 1. The molecule has 0 saturated heterocycles. The minimum atomic E-state index is 0.696. The Hall–Kier alpha value is -3.73. The van der Waals surface area contributed by atoms with E-state index in [1.165, 1.54) is 16.3 Å². The Morgan fingerprint density at radius 1 is 0.967 bits per heavy atom. The van der Waals surface area contributed by atoms with Crippen molar-refractivity contribution in [2.24, 2.45) is 0 Å². The van der Waals surface area contributed by atoms with Gasteiger partial charge in [-0.15, -0.1) is 0 Å². The minimum Gasteiger partial charge on any atom is -0.497 e. The lowest BCUT2D eigenvalue weighted by atomic mass is 10.1. The number of hydrogen-bond acceptors (Lipinski definition) is 4. The summed E-state index contributed by atoms with van der Waals surface area (Å²) in [4.78, 5) is 6.98. The summed E-state index contributed by atoms with van der Waals surface area (Å²) in [6, 6.07) is 22.9. The third-order valence-corrected chi connectivity index (χ3v) is 5.67. The average Bonchev–Trinajstić information content (AvgIpc) is 3.08. The number of methoxy groups -OCH3 is 1. The minimum absolute atomic E-state index is 0.696. The molecule has 0 bridgehead atoms. The first kappa shape index (κ1) is 18.3. The van der Waals surface area contributed by atoms with E-state index < -0.39 is 0 Å². The summed E-state index contributed by atoms with van der Waals surface area (Å²) in [5.41, 5.74) is 10.5. The van der Waals surface area contributed by atoms with Crippen LogP contribution in [0, 0.1) is 0 Å². The van der Waals surface area contributed by atoms with Crippen molar-refractivity contribution in [3.05, 3.63) is 72.3 Å². The standard InChI is InChI=1S/C25H24N4O/c1-28(2)22-14-21(26)23-20-13-10-17-6-4-5-7-19(17)24(20)29(25(23)27-22)15-16-8-11-18(30-3)12-9-16/h4-14H,15H2,1-3H3,(H2,26,27). The highest BCUT2D eigenvalue weighted by atomic mass is 16.5. The normalized spacial score (nSPS) is 11.4. The van der Waals surface area contributed by atoms with Gasteiger partial charge in [-0.25, -0.2) is 4.98 Å². The summed E-state index contributed by atoms with van der Waals surface area (Å²) < 4.78 is 7.61. The van der Waals surface area contributed by atoms with E-state index in [1.807, 2.05) is 37.2 Å². The van der Waals surface area contributed by atoms with Gasteiger partial charge in [-0.2, -0.15) is 0 Å². The van der Waals surface area contributed by atoms with Crippen LogP contribution < -0.4 is 15.4 Å². The van der Waals surface area contributed by atoms with E-state index in [-0.39, 0.29) is 0 Å². The molecule has 2 heterocycles. The zero-order valence-electron chi connectivity index (χ0n) is 17.4. The lowest BCUT2D eigenvalue weighted by molar-refractivity contribution is 0.414. The molecule has 5 nitrogen and oxygen atoms in total. The topological polar surface area (TPSA) is 56.3 Å². The Balaban J connectivity index is 1.86. The number of aromatic nitrogens is 2. The highest BCUT2D eigenvalue weighted by molar-refractivity contribution is 6.20. The largest absolute Gasteiger partial charge is 0.497 e. The van der Waals surface area contributed by atoms with Crippen LogP contribution in [-0.4, -0.2) is 30.8 Å². The molecule has 0 aliphatic rings. The first-order valence-corrected chi connectivity index (χ1v) is 9.97. The van der Waals surface area contributed by atoms with Gasteiger partial charge >= 0.3 is 0 Å². The maximum absolute atomic E-state index is 6.55. The van der Waals surface area contributed by atoms with Gasteiger partial charge in [0, 0.05) is 48.6 Å². The predicted molar refractivity (Wildman–Crippen MR) is 126 cm³/mol. The predicted octanol–water partition coefficient (Wildman–Crippen LogP) is 5.05. The summed E-state index contributed by atoms with van der Waals surface area (Å²) in [6.45, 7) is 0.696. The number of pyridine rings is 1.